The molecule has 2 aromatic heterocycles. The van der Waals surface area contributed by atoms with Crippen LogP contribution in [0.3, 0.4) is 0 Å². The molecule has 198 valence electrons. The van der Waals surface area contributed by atoms with Gasteiger partial charge in [0.2, 0.25) is 5.91 Å². The Hall–Kier alpha value is -3.73. The Morgan fingerprint density at radius 2 is 1.89 bits per heavy atom. The van der Waals surface area contributed by atoms with Gasteiger partial charge in [0.05, 0.1) is 17.0 Å². The van der Waals surface area contributed by atoms with Gasteiger partial charge in [0, 0.05) is 50.2 Å². The van der Waals surface area contributed by atoms with E-state index in [1.165, 1.54) is 25.0 Å². The summed E-state index contributed by atoms with van der Waals surface area (Å²) in [6, 6.07) is 5.70. The Morgan fingerprint density at radius 1 is 1.11 bits per heavy atom. The first-order valence-corrected chi connectivity index (χ1v) is 12.9. The second kappa shape index (κ2) is 9.86. The van der Waals surface area contributed by atoms with Crippen molar-refractivity contribution >= 4 is 11.8 Å². The fourth-order valence-corrected chi connectivity index (χ4v) is 5.13. The van der Waals surface area contributed by atoms with Crippen molar-refractivity contribution in [2.24, 2.45) is 11.8 Å². The summed E-state index contributed by atoms with van der Waals surface area (Å²) in [6.45, 7) is 2.25. The molecule has 2 unspecified atom stereocenters. The van der Waals surface area contributed by atoms with Crippen LogP contribution in [0.2, 0.25) is 0 Å². The van der Waals surface area contributed by atoms with E-state index < -0.39 is 35.0 Å². The summed E-state index contributed by atoms with van der Waals surface area (Å²) >= 11 is 0. The highest BCUT2D eigenvalue weighted by Crippen LogP contribution is 2.44. The van der Waals surface area contributed by atoms with Gasteiger partial charge in [-0.25, -0.2) is 18.7 Å². The van der Waals surface area contributed by atoms with Crippen LogP contribution in [0, 0.1) is 23.5 Å². The molecule has 3 aromatic rings. The van der Waals surface area contributed by atoms with Gasteiger partial charge in [0.1, 0.15) is 11.6 Å². The SMILES string of the molecule is O=C(NC1CCN(CC2CC2)CC1C(=O)NC1(c2ncccn2)CC1)c1cc(-c2ccc(F)cc2F)on1. The van der Waals surface area contributed by atoms with E-state index in [1.54, 1.807) is 18.5 Å². The van der Waals surface area contributed by atoms with Gasteiger partial charge in [-0.3, -0.25) is 9.59 Å². The molecule has 0 spiro atoms. The molecule has 0 bridgehead atoms. The van der Waals surface area contributed by atoms with E-state index in [-0.39, 0.29) is 22.9 Å². The average Bonchev–Trinajstić information content (AvgIpc) is 3.84. The summed E-state index contributed by atoms with van der Waals surface area (Å²) in [5, 5.41) is 9.92. The van der Waals surface area contributed by atoms with E-state index in [1.807, 2.05) is 0 Å². The number of likely N-dealkylation sites (tertiary alicyclic amines) is 1. The summed E-state index contributed by atoms with van der Waals surface area (Å²) in [5.74, 6) is -1.38. The van der Waals surface area contributed by atoms with Crippen LogP contribution in [0.5, 0.6) is 0 Å². The van der Waals surface area contributed by atoms with Crippen LogP contribution in [0.1, 0.15) is 48.4 Å². The molecule has 2 amide bonds. The minimum atomic E-state index is -0.815. The maximum absolute atomic E-state index is 14.2. The van der Waals surface area contributed by atoms with Crippen LogP contribution in [-0.4, -0.2) is 57.5 Å². The predicted octanol–water partition coefficient (Wildman–Crippen LogP) is 3.05. The van der Waals surface area contributed by atoms with Crippen molar-refractivity contribution in [1.29, 1.82) is 0 Å². The highest BCUT2D eigenvalue weighted by molar-refractivity contribution is 5.94. The Kier molecular flexibility index (Phi) is 6.38. The molecule has 38 heavy (non-hydrogen) atoms. The number of carbonyl (C=O) groups excluding carboxylic acids is 2. The van der Waals surface area contributed by atoms with Crippen molar-refractivity contribution in [3.8, 4) is 11.3 Å². The zero-order valence-electron chi connectivity index (χ0n) is 20.7. The molecule has 3 aliphatic rings. The zero-order valence-corrected chi connectivity index (χ0v) is 20.7. The molecule has 0 radical (unpaired) electrons. The lowest BCUT2D eigenvalue weighted by atomic mass is 9.90. The van der Waals surface area contributed by atoms with Gasteiger partial charge in [-0.2, -0.15) is 0 Å². The van der Waals surface area contributed by atoms with Gasteiger partial charge >= 0.3 is 0 Å². The minimum absolute atomic E-state index is 0.00134. The molecule has 1 aromatic carbocycles. The molecule has 11 heteroatoms. The number of nitrogens with one attached hydrogen (secondary N) is 2. The number of benzene rings is 1. The lowest BCUT2D eigenvalue weighted by molar-refractivity contribution is -0.128. The van der Waals surface area contributed by atoms with Crippen LogP contribution in [0.4, 0.5) is 8.78 Å². The van der Waals surface area contributed by atoms with Crippen LogP contribution < -0.4 is 10.6 Å². The number of aromatic nitrogens is 3. The number of piperidine rings is 1. The third-order valence-electron chi connectivity index (χ3n) is 7.61. The Labute approximate surface area is 218 Å². The molecule has 9 nitrogen and oxygen atoms in total. The topological polar surface area (TPSA) is 113 Å². The van der Waals surface area contributed by atoms with Crippen molar-refractivity contribution in [1.82, 2.24) is 30.7 Å². The third kappa shape index (κ3) is 5.15. The first kappa shape index (κ1) is 24.6. The quantitative estimate of drug-likeness (QED) is 0.468. The average molecular weight is 523 g/mol. The zero-order chi connectivity index (χ0) is 26.3. The third-order valence-corrected chi connectivity index (χ3v) is 7.61. The lowest BCUT2D eigenvalue weighted by Crippen LogP contribution is -2.57. The number of hydrogen-bond donors (Lipinski definition) is 2. The summed E-state index contributed by atoms with van der Waals surface area (Å²) in [7, 11) is 0. The Balaban J connectivity index is 1.17. The second-order valence-corrected chi connectivity index (χ2v) is 10.5. The Morgan fingerprint density at radius 3 is 2.61 bits per heavy atom. The fourth-order valence-electron chi connectivity index (χ4n) is 5.13. The minimum Gasteiger partial charge on any atom is -0.355 e. The predicted molar refractivity (Wildman–Crippen MR) is 131 cm³/mol. The van der Waals surface area contributed by atoms with E-state index in [4.69, 9.17) is 4.52 Å². The largest absolute Gasteiger partial charge is 0.355 e. The molecule has 1 aliphatic heterocycles. The maximum Gasteiger partial charge on any atom is 0.273 e. The van der Waals surface area contributed by atoms with Crippen LogP contribution in [0.25, 0.3) is 11.3 Å². The van der Waals surface area contributed by atoms with Crippen LogP contribution >= 0.6 is 0 Å². The lowest BCUT2D eigenvalue weighted by Gasteiger charge is -2.38. The number of hydrogen-bond acceptors (Lipinski definition) is 7. The number of nitrogens with zero attached hydrogens (tertiary/aromatic N) is 4. The molecule has 3 fully saturated rings. The van der Waals surface area contributed by atoms with Gasteiger partial charge in [0.15, 0.2) is 17.3 Å². The molecule has 6 rings (SSSR count). The highest BCUT2D eigenvalue weighted by Gasteiger charge is 2.50. The molecule has 2 atom stereocenters. The van der Waals surface area contributed by atoms with Gasteiger partial charge in [-0.05, 0) is 56.2 Å². The molecule has 2 aliphatic carbocycles. The van der Waals surface area contributed by atoms with Crippen molar-refractivity contribution in [3.63, 3.8) is 0 Å². The van der Waals surface area contributed by atoms with E-state index in [9.17, 15) is 18.4 Å². The van der Waals surface area contributed by atoms with Gasteiger partial charge in [0.25, 0.3) is 5.91 Å². The van der Waals surface area contributed by atoms with E-state index in [0.29, 0.717) is 24.7 Å². The molecular weight excluding hydrogens is 494 g/mol. The van der Waals surface area contributed by atoms with Crippen molar-refractivity contribution in [3.05, 3.63) is 65.9 Å². The molecule has 3 heterocycles. The molecule has 2 N–H and O–H groups in total. The second-order valence-electron chi connectivity index (χ2n) is 10.5. The summed E-state index contributed by atoms with van der Waals surface area (Å²) < 4.78 is 32.6. The first-order chi connectivity index (χ1) is 18.4. The fraction of sp³-hybridized carbons (Fsp3) is 0.444. The summed E-state index contributed by atoms with van der Waals surface area (Å²) in [4.78, 5) is 37.7. The van der Waals surface area contributed by atoms with Crippen molar-refractivity contribution in [2.75, 3.05) is 19.6 Å². The van der Waals surface area contributed by atoms with Gasteiger partial charge in [-0.15, -0.1) is 0 Å². The van der Waals surface area contributed by atoms with E-state index in [0.717, 1.165) is 38.1 Å². The van der Waals surface area contributed by atoms with E-state index in [2.05, 4.69) is 30.7 Å². The van der Waals surface area contributed by atoms with Gasteiger partial charge in [-0.1, -0.05) is 5.16 Å². The number of halogens is 2. The maximum atomic E-state index is 14.2. The monoisotopic (exact) mass is 522 g/mol. The first-order valence-electron chi connectivity index (χ1n) is 12.9. The molecule has 1 saturated heterocycles. The smallest absolute Gasteiger partial charge is 0.273 e. The van der Waals surface area contributed by atoms with Crippen molar-refractivity contribution in [2.45, 2.75) is 43.7 Å². The summed E-state index contributed by atoms with van der Waals surface area (Å²) in [6.07, 6.45) is 7.89. The number of amides is 2. The van der Waals surface area contributed by atoms with Gasteiger partial charge < -0.3 is 20.1 Å². The number of carbonyl (C=O) groups is 2. The standard InChI is InChI=1S/C27H28F2N6O3/c28-17-4-5-18(20(29)12-17)23-13-22(34-38-23)25(37)32-21-6-11-35(14-16-2-3-16)15-19(21)24(36)33-27(7-8-27)26-30-9-1-10-31-26/h1,4-5,9-10,12-13,16,19,21H,2-3,6-8,11,14-15H2,(H,32,37)(H,33,36). The summed E-state index contributed by atoms with van der Waals surface area (Å²) in [5.41, 5.74) is -0.604. The Bertz CT molecular complexity index is 1340. The highest BCUT2D eigenvalue weighted by atomic mass is 19.1. The van der Waals surface area contributed by atoms with Crippen LogP contribution in [-0.2, 0) is 10.3 Å². The van der Waals surface area contributed by atoms with Crippen molar-refractivity contribution < 1.29 is 22.9 Å². The molecular formula is C27H28F2N6O3. The molecule has 2 saturated carbocycles. The van der Waals surface area contributed by atoms with E-state index >= 15 is 0 Å². The van der Waals surface area contributed by atoms with Crippen LogP contribution in [0.15, 0.2) is 47.2 Å². The number of rotatable bonds is 8. The normalized spacial score (nSPS) is 22.6.